The molecular formula is C12H18N2O4. The van der Waals surface area contributed by atoms with E-state index in [-0.39, 0.29) is 23.9 Å². The Bertz CT molecular complexity index is 429. The molecule has 1 N–H and O–H groups in total. The number of carbonyl (C=O) groups is 1. The van der Waals surface area contributed by atoms with Crippen LogP contribution in [0.15, 0.2) is 4.52 Å². The van der Waals surface area contributed by atoms with E-state index in [0.717, 1.165) is 0 Å². The second kappa shape index (κ2) is 5.06. The fraction of sp³-hybridized carbons (Fsp3) is 0.750. The Labute approximate surface area is 105 Å². The van der Waals surface area contributed by atoms with Crippen molar-refractivity contribution in [2.45, 2.75) is 39.2 Å². The van der Waals surface area contributed by atoms with Gasteiger partial charge < -0.3 is 14.4 Å². The highest BCUT2D eigenvalue weighted by molar-refractivity contribution is 5.74. The van der Waals surface area contributed by atoms with Crippen LogP contribution in [0.4, 0.5) is 0 Å². The van der Waals surface area contributed by atoms with Gasteiger partial charge in [0.1, 0.15) is 6.10 Å². The molecule has 1 heterocycles. The smallest absolute Gasteiger partial charge is 0.307 e. The number of nitrogens with zero attached hydrogens (tertiary/aromatic N) is 2. The molecule has 3 atom stereocenters. The van der Waals surface area contributed by atoms with Crippen LogP contribution in [0.25, 0.3) is 0 Å². The highest BCUT2D eigenvalue weighted by Gasteiger charge is 2.48. The van der Waals surface area contributed by atoms with E-state index in [1.807, 2.05) is 20.8 Å². The van der Waals surface area contributed by atoms with Crippen LogP contribution in [0, 0.1) is 11.8 Å². The maximum Gasteiger partial charge on any atom is 0.307 e. The first-order chi connectivity index (χ1) is 8.54. The second-order valence-electron chi connectivity index (χ2n) is 4.90. The SMILES string of the molecule is CCOC(c1noc(C2CC2C(=O)O)n1)C(C)C. The van der Waals surface area contributed by atoms with Crippen LogP contribution in [0.1, 0.15) is 50.9 Å². The Morgan fingerprint density at radius 1 is 1.61 bits per heavy atom. The number of hydrogen-bond acceptors (Lipinski definition) is 5. The zero-order valence-electron chi connectivity index (χ0n) is 10.8. The van der Waals surface area contributed by atoms with E-state index in [1.165, 1.54) is 0 Å². The van der Waals surface area contributed by atoms with Crippen molar-refractivity contribution in [1.82, 2.24) is 10.1 Å². The molecule has 1 fully saturated rings. The molecule has 0 saturated heterocycles. The Morgan fingerprint density at radius 2 is 2.33 bits per heavy atom. The summed E-state index contributed by atoms with van der Waals surface area (Å²) in [5.41, 5.74) is 0. The summed E-state index contributed by atoms with van der Waals surface area (Å²) in [4.78, 5) is 15.1. The van der Waals surface area contributed by atoms with E-state index in [0.29, 0.717) is 24.7 Å². The molecule has 0 aromatic carbocycles. The zero-order valence-corrected chi connectivity index (χ0v) is 10.8. The molecule has 2 rings (SSSR count). The van der Waals surface area contributed by atoms with Gasteiger partial charge in [-0.1, -0.05) is 19.0 Å². The Balaban J connectivity index is 2.08. The highest BCUT2D eigenvalue weighted by Crippen LogP contribution is 2.47. The van der Waals surface area contributed by atoms with E-state index in [4.69, 9.17) is 14.4 Å². The van der Waals surface area contributed by atoms with Crippen LogP contribution in [-0.4, -0.2) is 27.8 Å². The second-order valence-corrected chi connectivity index (χ2v) is 4.90. The number of carboxylic acids is 1. The summed E-state index contributed by atoms with van der Waals surface area (Å²) in [5.74, 6) is -0.128. The number of hydrogen-bond donors (Lipinski definition) is 1. The first-order valence-electron chi connectivity index (χ1n) is 6.22. The predicted molar refractivity (Wildman–Crippen MR) is 62.0 cm³/mol. The van der Waals surface area contributed by atoms with Gasteiger partial charge in [-0.05, 0) is 19.3 Å². The summed E-state index contributed by atoms with van der Waals surface area (Å²) < 4.78 is 10.7. The number of aliphatic carboxylic acids is 1. The maximum atomic E-state index is 10.8. The summed E-state index contributed by atoms with van der Waals surface area (Å²) in [7, 11) is 0. The minimum absolute atomic E-state index is 0.127. The van der Waals surface area contributed by atoms with E-state index in [2.05, 4.69) is 10.1 Å². The fourth-order valence-corrected chi connectivity index (χ4v) is 2.00. The molecule has 0 radical (unpaired) electrons. The lowest BCUT2D eigenvalue weighted by molar-refractivity contribution is -0.138. The van der Waals surface area contributed by atoms with Crippen LogP contribution in [0.3, 0.4) is 0 Å². The van der Waals surface area contributed by atoms with Gasteiger partial charge in [-0.3, -0.25) is 4.79 Å². The molecule has 0 aliphatic heterocycles. The van der Waals surface area contributed by atoms with Gasteiger partial charge in [0, 0.05) is 6.61 Å². The summed E-state index contributed by atoms with van der Waals surface area (Å²) in [6, 6.07) is 0. The third-order valence-corrected chi connectivity index (χ3v) is 3.09. The third-order valence-electron chi connectivity index (χ3n) is 3.09. The molecule has 0 bridgehead atoms. The molecule has 18 heavy (non-hydrogen) atoms. The van der Waals surface area contributed by atoms with E-state index in [1.54, 1.807) is 0 Å². The van der Waals surface area contributed by atoms with Crippen LogP contribution in [0.2, 0.25) is 0 Å². The van der Waals surface area contributed by atoms with Crippen molar-refractivity contribution >= 4 is 5.97 Å². The van der Waals surface area contributed by atoms with Crippen molar-refractivity contribution < 1.29 is 19.2 Å². The molecule has 1 aromatic heterocycles. The summed E-state index contributed by atoms with van der Waals surface area (Å²) in [5, 5.41) is 12.8. The molecule has 1 aromatic rings. The third kappa shape index (κ3) is 2.53. The molecule has 100 valence electrons. The van der Waals surface area contributed by atoms with Crippen molar-refractivity contribution in [2.75, 3.05) is 6.61 Å². The summed E-state index contributed by atoms with van der Waals surface area (Å²) >= 11 is 0. The number of aromatic nitrogens is 2. The zero-order chi connectivity index (χ0) is 13.3. The molecule has 0 spiro atoms. The normalized spacial score (nSPS) is 24.2. The van der Waals surface area contributed by atoms with Crippen molar-refractivity contribution in [3.63, 3.8) is 0 Å². The van der Waals surface area contributed by atoms with E-state index < -0.39 is 5.97 Å². The van der Waals surface area contributed by atoms with Gasteiger partial charge >= 0.3 is 5.97 Å². The van der Waals surface area contributed by atoms with Crippen molar-refractivity contribution in [2.24, 2.45) is 11.8 Å². The Kier molecular flexibility index (Phi) is 3.65. The molecule has 1 aliphatic carbocycles. The first kappa shape index (κ1) is 13.0. The predicted octanol–water partition coefficient (Wildman–Crippen LogP) is 1.99. The van der Waals surface area contributed by atoms with Crippen LogP contribution in [-0.2, 0) is 9.53 Å². The monoisotopic (exact) mass is 254 g/mol. The fourth-order valence-electron chi connectivity index (χ4n) is 2.00. The number of carboxylic acid groups (broad SMARTS) is 1. The minimum Gasteiger partial charge on any atom is -0.481 e. The van der Waals surface area contributed by atoms with Crippen LogP contribution in [0.5, 0.6) is 0 Å². The lowest BCUT2D eigenvalue weighted by atomic mass is 10.1. The van der Waals surface area contributed by atoms with Gasteiger partial charge in [0.25, 0.3) is 0 Å². The van der Waals surface area contributed by atoms with E-state index in [9.17, 15) is 4.79 Å². The Morgan fingerprint density at radius 3 is 2.83 bits per heavy atom. The van der Waals surface area contributed by atoms with Crippen LogP contribution < -0.4 is 0 Å². The lowest BCUT2D eigenvalue weighted by Gasteiger charge is -2.16. The molecule has 6 nitrogen and oxygen atoms in total. The molecule has 0 amide bonds. The molecule has 6 heteroatoms. The Hall–Kier alpha value is -1.43. The number of rotatable bonds is 6. The van der Waals surface area contributed by atoms with Gasteiger partial charge in [0.2, 0.25) is 11.7 Å². The van der Waals surface area contributed by atoms with Crippen LogP contribution >= 0.6 is 0 Å². The standard InChI is InChI=1S/C12H18N2O4/c1-4-17-9(6(2)3)10-13-11(18-14-10)7-5-8(7)12(15)16/h6-9H,4-5H2,1-3H3,(H,15,16). The van der Waals surface area contributed by atoms with Gasteiger partial charge in [0.05, 0.1) is 11.8 Å². The molecular weight excluding hydrogens is 236 g/mol. The summed E-state index contributed by atoms with van der Waals surface area (Å²) in [6.07, 6.45) is 0.382. The summed E-state index contributed by atoms with van der Waals surface area (Å²) in [6.45, 7) is 6.53. The average molecular weight is 254 g/mol. The first-order valence-corrected chi connectivity index (χ1v) is 6.22. The van der Waals surface area contributed by atoms with E-state index >= 15 is 0 Å². The van der Waals surface area contributed by atoms with Gasteiger partial charge in [-0.15, -0.1) is 0 Å². The molecule has 3 unspecified atom stereocenters. The molecule has 1 saturated carbocycles. The number of ether oxygens (including phenoxy) is 1. The average Bonchev–Trinajstić information content (AvgIpc) is 2.98. The van der Waals surface area contributed by atoms with Gasteiger partial charge in [-0.25, -0.2) is 0 Å². The minimum atomic E-state index is -0.801. The highest BCUT2D eigenvalue weighted by atomic mass is 16.5. The van der Waals surface area contributed by atoms with Gasteiger partial charge in [0.15, 0.2) is 0 Å². The largest absolute Gasteiger partial charge is 0.481 e. The van der Waals surface area contributed by atoms with Crippen molar-refractivity contribution in [3.05, 3.63) is 11.7 Å². The van der Waals surface area contributed by atoms with Gasteiger partial charge in [-0.2, -0.15) is 4.98 Å². The quantitative estimate of drug-likeness (QED) is 0.835. The van der Waals surface area contributed by atoms with Crippen molar-refractivity contribution in [3.8, 4) is 0 Å². The maximum absolute atomic E-state index is 10.8. The lowest BCUT2D eigenvalue weighted by Crippen LogP contribution is -2.12. The van der Waals surface area contributed by atoms with Crippen molar-refractivity contribution in [1.29, 1.82) is 0 Å². The topological polar surface area (TPSA) is 85.5 Å². The molecule has 1 aliphatic rings.